The number of imide groups is 1. The van der Waals surface area contributed by atoms with Crippen LogP contribution in [0.4, 0.5) is 4.79 Å². The van der Waals surface area contributed by atoms with Gasteiger partial charge in [0.25, 0.3) is 5.91 Å². The molecule has 6 heteroatoms. The molecule has 2 aromatic rings. The largest absolute Gasteiger partial charge is 0.456 e. The molecule has 0 radical (unpaired) electrons. The minimum atomic E-state index is -0.645. The number of ether oxygens (including phenoxy) is 2. The Balaban J connectivity index is 1.70. The van der Waals surface area contributed by atoms with Crippen LogP contribution in [0, 0.1) is 0 Å². The molecular weight excluding hydrogens is 382 g/mol. The topological polar surface area (TPSA) is 72.9 Å². The Morgan fingerprint density at radius 1 is 1.13 bits per heavy atom. The van der Waals surface area contributed by atoms with Crippen LogP contribution in [-0.4, -0.2) is 41.1 Å². The number of benzene rings is 2. The van der Waals surface area contributed by atoms with Gasteiger partial charge in [0.05, 0.1) is 11.6 Å². The molecule has 6 nitrogen and oxygen atoms in total. The number of hydrogen-bond donors (Lipinski definition) is 0. The molecule has 2 amide bonds. The second kappa shape index (κ2) is 8.95. The monoisotopic (exact) mass is 407 g/mol. The molecular formula is C24H25NO5. The summed E-state index contributed by atoms with van der Waals surface area (Å²) < 4.78 is 10.5. The summed E-state index contributed by atoms with van der Waals surface area (Å²) in [5.74, 6) is -0.892. The third-order valence-electron chi connectivity index (χ3n) is 4.45. The summed E-state index contributed by atoms with van der Waals surface area (Å²) in [7, 11) is 0. The van der Waals surface area contributed by atoms with Crippen LogP contribution in [0.25, 0.3) is 6.08 Å². The zero-order valence-electron chi connectivity index (χ0n) is 17.3. The molecule has 3 rings (SSSR count). The lowest BCUT2D eigenvalue weighted by molar-refractivity contribution is -0.124. The number of amides is 2. The summed E-state index contributed by atoms with van der Waals surface area (Å²) >= 11 is 0. The smallest absolute Gasteiger partial charge is 0.417 e. The van der Waals surface area contributed by atoms with Crippen molar-refractivity contribution in [3.8, 4) is 0 Å². The number of rotatable bonds is 5. The molecule has 1 heterocycles. The second-order valence-corrected chi connectivity index (χ2v) is 8.09. The first-order chi connectivity index (χ1) is 14.2. The predicted molar refractivity (Wildman–Crippen MR) is 113 cm³/mol. The lowest BCUT2D eigenvalue weighted by atomic mass is 10.1. The summed E-state index contributed by atoms with van der Waals surface area (Å²) in [5.41, 5.74) is 1.47. The quantitative estimate of drug-likeness (QED) is 0.547. The van der Waals surface area contributed by atoms with Crippen molar-refractivity contribution in [3.63, 3.8) is 0 Å². The van der Waals surface area contributed by atoms with Crippen molar-refractivity contribution in [2.75, 3.05) is 6.61 Å². The summed E-state index contributed by atoms with van der Waals surface area (Å²) in [4.78, 5) is 38.2. The van der Waals surface area contributed by atoms with Gasteiger partial charge in [-0.3, -0.25) is 4.79 Å². The molecule has 1 atom stereocenters. The molecule has 0 aliphatic carbocycles. The van der Waals surface area contributed by atoms with Gasteiger partial charge in [-0.15, -0.1) is 0 Å². The van der Waals surface area contributed by atoms with Gasteiger partial charge in [-0.25, -0.2) is 14.5 Å². The lowest BCUT2D eigenvalue weighted by Crippen LogP contribution is -2.39. The average molecular weight is 407 g/mol. The first kappa shape index (κ1) is 21.3. The van der Waals surface area contributed by atoms with E-state index >= 15 is 0 Å². The van der Waals surface area contributed by atoms with Crippen molar-refractivity contribution < 1.29 is 23.9 Å². The standard InChI is InChI=1S/C24H25NO5/c1-24(2,3)30-22(27)19-11-7-10-18(14-19)12-13-21(26)25-20(16-29-23(25)28)15-17-8-5-4-6-9-17/h4-14,20H,15-16H2,1-3H3/b13-12+. The van der Waals surface area contributed by atoms with Crippen LogP contribution in [0.1, 0.15) is 42.3 Å². The van der Waals surface area contributed by atoms with E-state index in [1.54, 1.807) is 51.1 Å². The fraction of sp³-hybridized carbons (Fsp3) is 0.292. The number of carbonyl (C=O) groups is 3. The van der Waals surface area contributed by atoms with E-state index in [1.165, 1.54) is 6.08 Å². The Kier molecular flexibility index (Phi) is 6.35. The Labute approximate surface area is 176 Å². The van der Waals surface area contributed by atoms with Gasteiger partial charge in [-0.1, -0.05) is 42.5 Å². The zero-order valence-corrected chi connectivity index (χ0v) is 17.3. The predicted octanol–water partition coefficient (Wildman–Crippen LogP) is 4.25. The molecule has 1 unspecified atom stereocenters. The highest BCUT2D eigenvalue weighted by atomic mass is 16.6. The van der Waals surface area contributed by atoms with Crippen LogP contribution in [0.3, 0.4) is 0 Å². The first-order valence-corrected chi connectivity index (χ1v) is 9.78. The molecule has 1 saturated heterocycles. The first-order valence-electron chi connectivity index (χ1n) is 9.78. The summed E-state index contributed by atoms with van der Waals surface area (Å²) in [6.07, 6.45) is 2.77. The van der Waals surface area contributed by atoms with E-state index in [0.29, 0.717) is 17.5 Å². The fourth-order valence-electron chi connectivity index (χ4n) is 3.12. The Hall–Kier alpha value is -3.41. The van der Waals surface area contributed by atoms with E-state index in [9.17, 15) is 14.4 Å². The van der Waals surface area contributed by atoms with Crippen LogP contribution >= 0.6 is 0 Å². The van der Waals surface area contributed by atoms with E-state index in [2.05, 4.69) is 0 Å². The van der Waals surface area contributed by atoms with Crippen LogP contribution in [0.5, 0.6) is 0 Å². The van der Waals surface area contributed by atoms with E-state index in [4.69, 9.17) is 9.47 Å². The average Bonchev–Trinajstić information content (AvgIpc) is 3.06. The molecule has 30 heavy (non-hydrogen) atoms. The van der Waals surface area contributed by atoms with Crippen molar-refractivity contribution >= 4 is 24.0 Å². The molecule has 0 bridgehead atoms. The van der Waals surface area contributed by atoms with Gasteiger partial charge in [0.15, 0.2) is 0 Å². The number of cyclic esters (lactones) is 1. The molecule has 1 aliphatic heterocycles. The maximum atomic E-state index is 12.7. The van der Waals surface area contributed by atoms with Gasteiger partial charge in [-0.05, 0) is 56.5 Å². The van der Waals surface area contributed by atoms with Crippen molar-refractivity contribution in [2.45, 2.75) is 38.8 Å². The van der Waals surface area contributed by atoms with Crippen molar-refractivity contribution in [1.82, 2.24) is 4.90 Å². The number of hydrogen-bond acceptors (Lipinski definition) is 5. The Morgan fingerprint density at radius 3 is 2.57 bits per heavy atom. The summed E-state index contributed by atoms with van der Waals surface area (Å²) in [6.45, 7) is 5.57. The minimum absolute atomic E-state index is 0.168. The minimum Gasteiger partial charge on any atom is -0.456 e. The van der Waals surface area contributed by atoms with Crippen molar-refractivity contribution in [3.05, 3.63) is 77.4 Å². The fourth-order valence-corrected chi connectivity index (χ4v) is 3.12. The maximum absolute atomic E-state index is 12.7. The van der Waals surface area contributed by atoms with Gasteiger partial charge in [-0.2, -0.15) is 0 Å². The highest BCUT2D eigenvalue weighted by Crippen LogP contribution is 2.19. The lowest BCUT2D eigenvalue weighted by Gasteiger charge is -2.19. The van der Waals surface area contributed by atoms with Crippen LogP contribution in [0.2, 0.25) is 0 Å². The zero-order chi connectivity index (χ0) is 21.7. The van der Waals surface area contributed by atoms with E-state index in [-0.39, 0.29) is 12.6 Å². The molecule has 1 aliphatic rings. The van der Waals surface area contributed by atoms with Gasteiger partial charge in [0, 0.05) is 6.08 Å². The maximum Gasteiger partial charge on any atom is 0.417 e. The molecule has 2 aromatic carbocycles. The summed E-state index contributed by atoms with van der Waals surface area (Å²) in [6, 6.07) is 16.1. The second-order valence-electron chi connectivity index (χ2n) is 8.09. The van der Waals surface area contributed by atoms with Gasteiger partial charge >= 0.3 is 12.1 Å². The molecule has 1 fully saturated rings. The number of carbonyl (C=O) groups excluding carboxylic acids is 3. The van der Waals surface area contributed by atoms with Gasteiger partial charge < -0.3 is 9.47 Å². The highest BCUT2D eigenvalue weighted by molar-refractivity contribution is 6.02. The van der Waals surface area contributed by atoms with Gasteiger partial charge in [0.1, 0.15) is 12.2 Å². The molecule has 0 N–H and O–H groups in total. The molecule has 156 valence electrons. The third kappa shape index (κ3) is 5.56. The van der Waals surface area contributed by atoms with Crippen LogP contribution in [0.15, 0.2) is 60.7 Å². The highest BCUT2D eigenvalue weighted by Gasteiger charge is 2.36. The van der Waals surface area contributed by atoms with Crippen LogP contribution in [-0.2, 0) is 20.7 Å². The molecule has 0 saturated carbocycles. The van der Waals surface area contributed by atoms with Crippen molar-refractivity contribution in [2.24, 2.45) is 0 Å². The van der Waals surface area contributed by atoms with E-state index in [0.717, 1.165) is 10.5 Å². The normalized spacial score (nSPS) is 16.6. The van der Waals surface area contributed by atoms with E-state index in [1.807, 2.05) is 30.3 Å². The van der Waals surface area contributed by atoms with Crippen LogP contribution < -0.4 is 0 Å². The summed E-state index contributed by atoms with van der Waals surface area (Å²) in [5, 5.41) is 0. The Morgan fingerprint density at radius 2 is 1.87 bits per heavy atom. The van der Waals surface area contributed by atoms with E-state index < -0.39 is 23.6 Å². The molecule has 0 aromatic heterocycles. The SMILES string of the molecule is CC(C)(C)OC(=O)c1cccc(/C=C/C(=O)N2C(=O)OCC2Cc2ccccc2)c1. The number of nitrogens with zero attached hydrogens (tertiary/aromatic N) is 1. The Bertz CT molecular complexity index is 959. The third-order valence-corrected chi connectivity index (χ3v) is 4.45. The molecule has 0 spiro atoms. The van der Waals surface area contributed by atoms with Gasteiger partial charge in [0.2, 0.25) is 0 Å². The number of esters is 1. The van der Waals surface area contributed by atoms with Crippen molar-refractivity contribution in [1.29, 1.82) is 0 Å².